The van der Waals surface area contributed by atoms with Crippen LogP contribution in [0.15, 0.2) is 24.2 Å². The minimum atomic E-state index is -0.0285. The van der Waals surface area contributed by atoms with E-state index in [0.29, 0.717) is 10.7 Å². The molecule has 0 saturated carbocycles. The Morgan fingerprint density at radius 3 is 2.67 bits per heavy atom. The molecule has 0 N–H and O–H groups in total. The van der Waals surface area contributed by atoms with Crippen molar-refractivity contribution in [1.82, 2.24) is 24.5 Å². The molecule has 0 atom stereocenters. The second-order valence-corrected chi connectivity index (χ2v) is 6.80. The Bertz CT molecular complexity index is 836. The van der Waals surface area contributed by atoms with Crippen molar-refractivity contribution in [3.05, 3.63) is 29.2 Å². The van der Waals surface area contributed by atoms with Crippen molar-refractivity contribution in [2.45, 2.75) is 32.2 Å². The number of carbonyl (C=O) groups excluding carboxylic acids is 1. The summed E-state index contributed by atoms with van der Waals surface area (Å²) in [5.41, 5.74) is 1.47. The summed E-state index contributed by atoms with van der Waals surface area (Å²) in [5.74, 6) is 0.849. The molecule has 0 amide bonds. The van der Waals surface area contributed by atoms with E-state index >= 15 is 0 Å². The summed E-state index contributed by atoms with van der Waals surface area (Å²) in [6.45, 7) is 2.19. The molecule has 1 aliphatic heterocycles. The van der Waals surface area contributed by atoms with Crippen molar-refractivity contribution in [1.29, 1.82) is 0 Å². The zero-order chi connectivity index (χ0) is 16.4. The normalized spacial score (nSPS) is 15.6. The first-order valence-corrected chi connectivity index (χ1v) is 9.04. The summed E-state index contributed by atoms with van der Waals surface area (Å²) in [7, 11) is 0. The lowest BCUT2D eigenvalue weighted by Crippen LogP contribution is -2.25. The molecule has 4 heterocycles. The van der Waals surface area contributed by atoms with Crippen LogP contribution in [0.25, 0.3) is 11.2 Å². The monoisotopic (exact) mass is 342 g/mol. The fraction of sp³-hybridized carbons (Fsp3) is 0.438. The average Bonchev–Trinajstić information content (AvgIpc) is 3.19. The molecule has 4 rings (SSSR count). The number of ketones is 1. The number of thiazole rings is 1. The van der Waals surface area contributed by atoms with E-state index in [1.807, 2.05) is 0 Å². The first-order chi connectivity index (χ1) is 11.8. The first kappa shape index (κ1) is 15.2. The highest BCUT2D eigenvalue weighted by atomic mass is 32.1. The molecule has 7 nitrogen and oxygen atoms in total. The van der Waals surface area contributed by atoms with E-state index in [-0.39, 0.29) is 12.3 Å². The lowest BCUT2D eigenvalue weighted by atomic mass is 10.2. The van der Waals surface area contributed by atoms with Crippen molar-refractivity contribution in [2.24, 2.45) is 0 Å². The minimum Gasteiger partial charge on any atom is -0.355 e. The van der Waals surface area contributed by atoms with Gasteiger partial charge in [-0.25, -0.2) is 19.9 Å². The molecule has 0 aromatic carbocycles. The summed E-state index contributed by atoms with van der Waals surface area (Å²) < 4.78 is 1.78. The maximum absolute atomic E-state index is 12.3. The quantitative estimate of drug-likeness (QED) is 0.678. The first-order valence-electron chi connectivity index (χ1n) is 8.16. The van der Waals surface area contributed by atoms with Gasteiger partial charge in [0, 0.05) is 24.7 Å². The number of imidazole rings is 1. The summed E-state index contributed by atoms with van der Waals surface area (Å²) >= 11 is 1.35. The molecule has 0 aliphatic carbocycles. The van der Waals surface area contributed by atoms with Gasteiger partial charge in [-0.15, -0.1) is 11.3 Å². The van der Waals surface area contributed by atoms with E-state index in [1.54, 1.807) is 28.8 Å². The van der Waals surface area contributed by atoms with Crippen molar-refractivity contribution in [3.63, 3.8) is 0 Å². The minimum absolute atomic E-state index is 0.0285. The maximum Gasteiger partial charge on any atom is 0.211 e. The van der Waals surface area contributed by atoms with Gasteiger partial charge in [-0.05, 0) is 12.8 Å². The van der Waals surface area contributed by atoms with Crippen molar-refractivity contribution < 1.29 is 4.79 Å². The van der Waals surface area contributed by atoms with Crippen LogP contribution in [-0.4, -0.2) is 43.4 Å². The summed E-state index contributed by atoms with van der Waals surface area (Å²) in [4.78, 5) is 31.9. The van der Waals surface area contributed by atoms with Gasteiger partial charge in [0.15, 0.2) is 22.0 Å². The predicted octanol–water partition coefficient (Wildman–Crippen LogP) is 2.55. The zero-order valence-electron chi connectivity index (χ0n) is 13.3. The number of Topliss-reactive ketones (excluding diaryl/α,β-unsaturated/α-hetero) is 1. The van der Waals surface area contributed by atoms with Crippen LogP contribution in [-0.2, 0) is 6.54 Å². The number of hydrogen-bond donors (Lipinski definition) is 0. The maximum atomic E-state index is 12.3. The molecule has 0 radical (unpaired) electrons. The Morgan fingerprint density at radius 1 is 1.08 bits per heavy atom. The average molecular weight is 342 g/mol. The van der Waals surface area contributed by atoms with E-state index in [1.165, 1.54) is 37.0 Å². The van der Waals surface area contributed by atoms with Gasteiger partial charge < -0.3 is 9.47 Å². The molecule has 3 aromatic rings. The molecule has 0 unspecified atom stereocenters. The largest absolute Gasteiger partial charge is 0.355 e. The molecular formula is C16H18N6OS. The number of aromatic nitrogens is 5. The molecule has 0 spiro atoms. The number of nitrogens with zero attached hydrogens (tertiary/aromatic N) is 6. The Kier molecular flexibility index (Phi) is 4.20. The third-order valence-electron chi connectivity index (χ3n) is 4.27. The van der Waals surface area contributed by atoms with Gasteiger partial charge >= 0.3 is 0 Å². The van der Waals surface area contributed by atoms with Gasteiger partial charge in [0.2, 0.25) is 5.78 Å². The molecule has 1 aliphatic rings. The van der Waals surface area contributed by atoms with Crippen LogP contribution in [0.5, 0.6) is 0 Å². The second-order valence-electron chi connectivity index (χ2n) is 5.90. The molecule has 1 fully saturated rings. The summed E-state index contributed by atoms with van der Waals surface area (Å²) in [6.07, 6.45) is 9.76. The molecule has 3 aromatic heterocycles. The van der Waals surface area contributed by atoms with Crippen LogP contribution < -0.4 is 4.90 Å². The summed E-state index contributed by atoms with van der Waals surface area (Å²) in [5, 5.41) is 2.32. The standard InChI is InChI=1S/C16H18N6OS/c23-12(16-17-5-8-24-16)9-22-11-20-13-14(18-10-19-15(13)22)21-6-3-1-2-4-7-21/h5,8,10-11H,1-4,6-7,9H2. The number of fused-ring (bicyclic) bond motifs is 1. The lowest BCUT2D eigenvalue weighted by molar-refractivity contribution is 0.0973. The lowest BCUT2D eigenvalue weighted by Gasteiger charge is -2.21. The van der Waals surface area contributed by atoms with E-state index in [2.05, 4.69) is 24.8 Å². The van der Waals surface area contributed by atoms with E-state index < -0.39 is 0 Å². The van der Waals surface area contributed by atoms with E-state index in [9.17, 15) is 4.79 Å². The summed E-state index contributed by atoms with van der Waals surface area (Å²) in [6, 6.07) is 0. The fourth-order valence-electron chi connectivity index (χ4n) is 3.08. The Labute approximate surface area is 143 Å². The second kappa shape index (κ2) is 6.64. The van der Waals surface area contributed by atoms with E-state index in [0.717, 1.165) is 24.4 Å². The highest BCUT2D eigenvalue weighted by Crippen LogP contribution is 2.24. The molecule has 0 bridgehead atoms. The fourth-order valence-corrected chi connectivity index (χ4v) is 3.65. The predicted molar refractivity (Wildman–Crippen MR) is 92.4 cm³/mol. The van der Waals surface area contributed by atoms with Crippen LogP contribution in [0.3, 0.4) is 0 Å². The molecule has 8 heteroatoms. The third-order valence-corrected chi connectivity index (χ3v) is 5.09. The van der Waals surface area contributed by atoms with E-state index in [4.69, 9.17) is 0 Å². The van der Waals surface area contributed by atoms with Crippen molar-refractivity contribution in [3.8, 4) is 0 Å². The van der Waals surface area contributed by atoms with Crippen LogP contribution in [0, 0.1) is 0 Å². The van der Waals surface area contributed by atoms with Gasteiger partial charge in [0.25, 0.3) is 0 Å². The highest BCUT2D eigenvalue weighted by Gasteiger charge is 2.19. The van der Waals surface area contributed by atoms with Gasteiger partial charge in [-0.3, -0.25) is 4.79 Å². The van der Waals surface area contributed by atoms with Crippen LogP contribution >= 0.6 is 11.3 Å². The Morgan fingerprint density at radius 2 is 1.92 bits per heavy atom. The molecular weight excluding hydrogens is 324 g/mol. The smallest absolute Gasteiger partial charge is 0.211 e. The number of hydrogen-bond acceptors (Lipinski definition) is 7. The van der Waals surface area contributed by atoms with Gasteiger partial charge in [-0.1, -0.05) is 12.8 Å². The Balaban J connectivity index is 1.64. The topological polar surface area (TPSA) is 76.8 Å². The van der Waals surface area contributed by atoms with Crippen molar-refractivity contribution >= 4 is 34.1 Å². The Hall–Kier alpha value is -2.35. The van der Waals surface area contributed by atoms with Crippen LogP contribution in [0.4, 0.5) is 5.82 Å². The van der Waals surface area contributed by atoms with Crippen LogP contribution in [0.1, 0.15) is 35.5 Å². The van der Waals surface area contributed by atoms with Crippen molar-refractivity contribution in [2.75, 3.05) is 18.0 Å². The zero-order valence-corrected chi connectivity index (χ0v) is 14.1. The third kappa shape index (κ3) is 2.89. The van der Waals surface area contributed by atoms with Gasteiger partial charge in [-0.2, -0.15) is 0 Å². The highest BCUT2D eigenvalue weighted by molar-refractivity contribution is 7.11. The number of carbonyl (C=O) groups is 1. The molecule has 124 valence electrons. The van der Waals surface area contributed by atoms with Gasteiger partial charge in [0.1, 0.15) is 6.33 Å². The number of rotatable bonds is 4. The van der Waals surface area contributed by atoms with Gasteiger partial charge in [0.05, 0.1) is 12.9 Å². The van der Waals surface area contributed by atoms with Crippen LogP contribution in [0.2, 0.25) is 0 Å². The molecule has 1 saturated heterocycles. The molecule has 24 heavy (non-hydrogen) atoms. The number of anilines is 1. The SMILES string of the molecule is O=C(Cn1cnc2c(N3CCCCCC3)ncnc21)c1nccs1.